The molecule has 0 aliphatic heterocycles. The highest BCUT2D eigenvalue weighted by atomic mass is 35.5. The van der Waals surface area contributed by atoms with Gasteiger partial charge in [-0.2, -0.15) is 11.8 Å². The van der Waals surface area contributed by atoms with Gasteiger partial charge in [0.25, 0.3) is 0 Å². The van der Waals surface area contributed by atoms with Crippen molar-refractivity contribution in [3.63, 3.8) is 0 Å². The van der Waals surface area contributed by atoms with Gasteiger partial charge in [-0.1, -0.05) is 30.1 Å². The van der Waals surface area contributed by atoms with Gasteiger partial charge in [0, 0.05) is 22.7 Å². The van der Waals surface area contributed by atoms with Gasteiger partial charge < -0.3 is 5.11 Å². The molecule has 1 aromatic rings. The maximum absolute atomic E-state index is 10.6. The fourth-order valence-electron chi connectivity index (χ4n) is 0.959. The SMILES string of the molecule is CC(CSCc1cnc(Cl)cc1Cl)C(=O)O. The van der Waals surface area contributed by atoms with Gasteiger partial charge in [-0.25, -0.2) is 4.98 Å². The summed E-state index contributed by atoms with van der Waals surface area (Å²) in [4.78, 5) is 14.5. The summed E-state index contributed by atoms with van der Waals surface area (Å²) in [6.07, 6.45) is 1.61. The second-order valence-corrected chi connectivity index (χ2v) is 5.18. The molecule has 0 spiro atoms. The van der Waals surface area contributed by atoms with E-state index in [1.54, 1.807) is 19.2 Å². The molecule has 0 bridgehead atoms. The smallest absolute Gasteiger partial charge is 0.307 e. The number of hydrogen-bond acceptors (Lipinski definition) is 3. The van der Waals surface area contributed by atoms with Crippen molar-refractivity contribution in [1.82, 2.24) is 4.98 Å². The third kappa shape index (κ3) is 4.20. The molecule has 6 heteroatoms. The topological polar surface area (TPSA) is 50.2 Å². The van der Waals surface area contributed by atoms with E-state index in [0.717, 1.165) is 5.56 Å². The van der Waals surface area contributed by atoms with E-state index >= 15 is 0 Å². The Morgan fingerprint density at radius 2 is 2.31 bits per heavy atom. The van der Waals surface area contributed by atoms with Crippen LogP contribution in [0.25, 0.3) is 0 Å². The maximum atomic E-state index is 10.6. The Bertz CT molecular complexity index is 387. The van der Waals surface area contributed by atoms with Gasteiger partial charge in [0.05, 0.1) is 5.92 Å². The Kier molecular flexibility index (Phi) is 5.38. The number of halogens is 2. The van der Waals surface area contributed by atoms with E-state index in [-0.39, 0.29) is 5.92 Å². The number of aromatic nitrogens is 1. The molecule has 0 radical (unpaired) electrons. The Labute approximate surface area is 108 Å². The second kappa shape index (κ2) is 6.33. The molecule has 0 aromatic carbocycles. The lowest BCUT2D eigenvalue weighted by Gasteiger charge is -2.06. The third-order valence-electron chi connectivity index (χ3n) is 1.94. The lowest BCUT2D eigenvalue weighted by molar-refractivity contribution is -0.140. The maximum Gasteiger partial charge on any atom is 0.307 e. The molecule has 0 saturated heterocycles. The van der Waals surface area contributed by atoms with E-state index in [9.17, 15) is 4.79 Å². The first-order chi connectivity index (χ1) is 7.50. The summed E-state index contributed by atoms with van der Waals surface area (Å²) >= 11 is 13.1. The van der Waals surface area contributed by atoms with Crippen molar-refractivity contribution in [2.75, 3.05) is 5.75 Å². The van der Waals surface area contributed by atoms with Gasteiger partial charge in [0.2, 0.25) is 0 Å². The minimum Gasteiger partial charge on any atom is -0.481 e. The van der Waals surface area contributed by atoms with Crippen molar-refractivity contribution >= 4 is 40.9 Å². The van der Waals surface area contributed by atoms with Crippen molar-refractivity contribution < 1.29 is 9.90 Å². The van der Waals surface area contributed by atoms with Crippen molar-refractivity contribution in [1.29, 1.82) is 0 Å². The Balaban J connectivity index is 2.46. The summed E-state index contributed by atoms with van der Waals surface area (Å²) in [6.45, 7) is 1.68. The molecule has 1 heterocycles. The lowest BCUT2D eigenvalue weighted by Crippen LogP contribution is -2.11. The van der Waals surface area contributed by atoms with Crippen LogP contribution in [0.2, 0.25) is 10.2 Å². The number of rotatable bonds is 5. The van der Waals surface area contributed by atoms with Crippen LogP contribution < -0.4 is 0 Å². The fourth-order valence-corrected chi connectivity index (χ4v) is 2.53. The minimum absolute atomic E-state index is 0.357. The molecule has 3 nitrogen and oxygen atoms in total. The van der Waals surface area contributed by atoms with Gasteiger partial charge >= 0.3 is 5.97 Å². The molecule has 1 atom stereocenters. The van der Waals surface area contributed by atoms with Crippen LogP contribution in [0.4, 0.5) is 0 Å². The zero-order chi connectivity index (χ0) is 12.1. The van der Waals surface area contributed by atoms with Gasteiger partial charge in [-0.3, -0.25) is 4.79 Å². The van der Waals surface area contributed by atoms with E-state index in [2.05, 4.69) is 4.98 Å². The average Bonchev–Trinajstić information content (AvgIpc) is 2.20. The number of thioether (sulfide) groups is 1. The quantitative estimate of drug-likeness (QED) is 0.840. The molecule has 88 valence electrons. The highest BCUT2D eigenvalue weighted by molar-refractivity contribution is 7.98. The highest BCUT2D eigenvalue weighted by Gasteiger charge is 2.11. The average molecular weight is 280 g/mol. The van der Waals surface area contributed by atoms with E-state index in [1.807, 2.05) is 0 Å². The van der Waals surface area contributed by atoms with Crippen LogP contribution >= 0.6 is 35.0 Å². The molecule has 1 unspecified atom stereocenters. The molecule has 0 fully saturated rings. The summed E-state index contributed by atoms with van der Waals surface area (Å²) in [6, 6.07) is 1.58. The van der Waals surface area contributed by atoms with Crippen LogP contribution in [-0.2, 0) is 10.5 Å². The summed E-state index contributed by atoms with van der Waals surface area (Å²) in [5.74, 6) is 0.0476. The first-order valence-electron chi connectivity index (χ1n) is 4.61. The van der Waals surface area contributed by atoms with Gasteiger partial charge in [-0.15, -0.1) is 0 Å². The predicted octanol–water partition coefficient (Wildman–Crippen LogP) is 3.34. The fraction of sp³-hybridized carbons (Fsp3) is 0.400. The number of nitrogens with zero attached hydrogens (tertiary/aromatic N) is 1. The molecule has 0 saturated carbocycles. The summed E-state index contributed by atoms with van der Waals surface area (Å²) < 4.78 is 0. The Morgan fingerprint density at radius 1 is 1.62 bits per heavy atom. The molecular weight excluding hydrogens is 269 g/mol. The first-order valence-corrected chi connectivity index (χ1v) is 6.52. The summed E-state index contributed by atoms with van der Waals surface area (Å²) in [5, 5.41) is 9.63. The standard InChI is InChI=1S/C10H11Cl2NO2S/c1-6(10(14)15)4-16-5-7-3-13-9(12)2-8(7)11/h2-3,6H,4-5H2,1H3,(H,14,15). The van der Waals surface area contributed by atoms with E-state index in [0.29, 0.717) is 21.7 Å². The van der Waals surface area contributed by atoms with Crippen LogP contribution in [0.3, 0.4) is 0 Å². The number of carboxylic acids is 1. The molecule has 1 rings (SSSR count). The molecule has 16 heavy (non-hydrogen) atoms. The van der Waals surface area contributed by atoms with Crippen molar-refractivity contribution in [3.8, 4) is 0 Å². The van der Waals surface area contributed by atoms with Crippen LogP contribution in [0.1, 0.15) is 12.5 Å². The summed E-state index contributed by atoms with van der Waals surface area (Å²) in [7, 11) is 0. The second-order valence-electron chi connectivity index (χ2n) is 3.35. The van der Waals surface area contributed by atoms with E-state index in [4.69, 9.17) is 28.3 Å². The number of carbonyl (C=O) groups is 1. The first kappa shape index (κ1) is 13.6. The predicted molar refractivity (Wildman–Crippen MR) is 67.2 cm³/mol. The molecule has 0 amide bonds. The van der Waals surface area contributed by atoms with Gasteiger partial charge in [0.1, 0.15) is 5.15 Å². The minimum atomic E-state index is -0.784. The number of hydrogen-bond donors (Lipinski definition) is 1. The Morgan fingerprint density at radius 3 is 2.88 bits per heavy atom. The number of pyridine rings is 1. The van der Waals surface area contributed by atoms with E-state index in [1.165, 1.54) is 11.8 Å². The zero-order valence-corrected chi connectivity index (χ0v) is 10.9. The highest BCUT2D eigenvalue weighted by Crippen LogP contribution is 2.23. The third-order valence-corrected chi connectivity index (χ3v) is 3.75. The van der Waals surface area contributed by atoms with Gasteiger partial charge in [-0.05, 0) is 11.6 Å². The number of aliphatic carboxylic acids is 1. The van der Waals surface area contributed by atoms with Crippen LogP contribution in [0, 0.1) is 5.92 Å². The van der Waals surface area contributed by atoms with Crippen LogP contribution in [-0.4, -0.2) is 21.8 Å². The van der Waals surface area contributed by atoms with Crippen LogP contribution in [0.5, 0.6) is 0 Å². The molecule has 1 N–H and O–H groups in total. The molecular formula is C10H11Cl2NO2S. The van der Waals surface area contributed by atoms with Crippen LogP contribution in [0.15, 0.2) is 12.3 Å². The van der Waals surface area contributed by atoms with Crippen molar-refractivity contribution in [3.05, 3.63) is 28.0 Å². The van der Waals surface area contributed by atoms with Crippen molar-refractivity contribution in [2.24, 2.45) is 5.92 Å². The molecule has 1 aromatic heterocycles. The lowest BCUT2D eigenvalue weighted by atomic mass is 10.2. The monoisotopic (exact) mass is 279 g/mol. The molecule has 0 aliphatic rings. The Hall–Kier alpha value is -0.450. The van der Waals surface area contributed by atoms with Crippen molar-refractivity contribution in [2.45, 2.75) is 12.7 Å². The largest absolute Gasteiger partial charge is 0.481 e. The summed E-state index contributed by atoms with van der Waals surface area (Å²) in [5.41, 5.74) is 0.869. The molecule has 0 aliphatic carbocycles. The zero-order valence-electron chi connectivity index (χ0n) is 8.61. The van der Waals surface area contributed by atoms with E-state index < -0.39 is 5.97 Å². The number of carboxylic acid groups (broad SMARTS) is 1. The normalized spacial score (nSPS) is 12.4. The van der Waals surface area contributed by atoms with Gasteiger partial charge in [0.15, 0.2) is 0 Å².